The van der Waals surface area contributed by atoms with Crippen molar-refractivity contribution >= 4 is 25.3 Å². The maximum atomic E-state index is 13.1. The zero-order valence-corrected chi connectivity index (χ0v) is 20.3. The van der Waals surface area contributed by atoms with E-state index in [1.807, 2.05) is 33.8 Å². The minimum atomic E-state index is -4.70. The van der Waals surface area contributed by atoms with Crippen LogP contribution in [0.3, 0.4) is 0 Å². The minimum Gasteiger partial charge on any atom is -0.478 e. The van der Waals surface area contributed by atoms with E-state index in [9.17, 15) is 27.9 Å². The van der Waals surface area contributed by atoms with Gasteiger partial charge in [-0.25, -0.2) is 9.59 Å². The molecule has 0 aliphatic carbocycles. The van der Waals surface area contributed by atoms with Gasteiger partial charge in [-0.15, -0.1) is 0 Å². The zero-order valence-electron chi connectivity index (χ0n) is 20.3. The quantitative estimate of drug-likeness (QED) is 0.494. The molecule has 192 valence electrons. The number of carbonyl (C=O) groups is 2. The van der Waals surface area contributed by atoms with Crippen molar-refractivity contribution in [3.8, 4) is 0 Å². The van der Waals surface area contributed by atoms with E-state index in [0.29, 0.717) is 11.5 Å². The van der Waals surface area contributed by atoms with Crippen LogP contribution in [0, 0.1) is 0 Å². The third-order valence-electron chi connectivity index (χ3n) is 6.16. The largest absolute Gasteiger partial charge is 0.492 e. The summed E-state index contributed by atoms with van der Waals surface area (Å²) in [7, 11) is -0.992. The summed E-state index contributed by atoms with van der Waals surface area (Å²) in [6.07, 6.45) is -4.10. The molecule has 0 unspecified atom stereocenters. The van der Waals surface area contributed by atoms with Gasteiger partial charge in [0.1, 0.15) is 6.61 Å². The van der Waals surface area contributed by atoms with Crippen molar-refractivity contribution < 1.29 is 41.9 Å². The molecule has 2 aromatic carbocycles. The van der Waals surface area contributed by atoms with E-state index in [0.717, 1.165) is 17.7 Å². The Hall–Kier alpha value is -3.31. The Bertz CT molecular complexity index is 1130. The lowest BCUT2D eigenvalue weighted by Gasteiger charge is -2.32. The maximum absolute atomic E-state index is 13.1. The van der Waals surface area contributed by atoms with Gasteiger partial charge in [0.15, 0.2) is 0 Å². The van der Waals surface area contributed by atoms with Crippen LogP contribution < -0.4 is 5.32 Å². The van der Waals surface area contributed by atoms with Crippen LogP contribution in [0.1, 0.15) is 54.7 Å². The second-order valence-corrected chi connectivity index (χ2v) is 9.33. The van der Waals surface area contributed by atoms with Crippen LogP contribution in [-0.2, 0) is 26.8 Å². The standard InChI is InChI=1S/C25H27BF3NO6/c1-23(2)24(3,4)36-26(35-23)19(14-30-22(33)34-15-16-8-6-5-7-9-16)12-17-10-11-18(25(27,28)29)13-20(17)21(31)32/h5-13H,14-15H2,1-4H3,(H,30,33)(H,31,32). The number of carbonyl (C=O) groups excluding carboxylic acids is 1. The number of nitrogens with one attached hydrogen (secondary N) is 1. The molecule has 11 heteroatoms. The summed E-state index contributed by atoms with van der Waals surface area (Å²) in [6, 6.07) is 11.4. The van der Waals surface area contributed by atoms with E-state index < -0.39 is 47.7 Å². The number of ether oxygens (including phenoxy) is 1. The number of hydrogen-bond acceptors (Lipinski definition) is 5. The smallest absolute Gasteiger partial charge is 0.478 e. The van der Waals surface area contributed by atoms with Crippen LogP contribution in [0.5, 0.6) is 0 Å². The molecule has 1 aliphatic heterocycles. The van der Waals surface area contributed by atoms with Gasteiger partial charge in [-0.1, -0.05) is 42.5 Å². The Balaban J connectivity index is 1.88. The van der Waals surface area contributed by atoms with Gasteiger partial charge in [0.2, 0.25) is 0 Å². The van der Waals surface area contributed by atoms with Crippen LogP contribution in [0.15, 0.2) is 54.0 Å². The second-order valence-electron chi connectivity index (χ2n) is 9.33. The third-order valence-corrected chi connectivity index (χ3v) is 6.16. The highest BCUT2D eigenvalue weighted by Crippen LogP contribution is 2.39. The van der Waals surface area contributed by atoms with Crippen LogP contribution in [0.2, 0.25) is 0 Å². The number of alkyl carbamates (subject to hydrolysis) is 1. The molecule has 2 N–H and O–H groups in total. The molecule has 0 atom stereocenters. The number of carboxylic acids is 1. The molecule has 1 heterocycles. The predicted octanol–water partition coefficient (Wildman–Crippen LogP) is 5.34. The highest BCUT2D eigenvalue weighted by molar-refractivity contribution is 6.56. The van der Waals surface area contributed by atoms with Crippen LogP contribution in [0.4, 0.5) is 18.0 Å². The van der Waals surface area contributed by atoms with Crippen molar-refractivity contribution in [2.75, 3.05) is 6.54 Å². The topological polar surface area (TPSA) is 94.1 Å². The fourth-order valence-electron chi connectivity index (χ4n) is 3.39. The molecule has 36 heavy (non-hydrogen) atoms. The molecule has 0 bridgehead atoms. The fourth-order valence-corrected chi connectivity index (χ4v) is 3.39. The van der Waals surface area contributed by atoms with E-state index in [1.54, 1.807) is 24.3 Å². The van der Waals surface area contributed by atoms with Gasteiger partial charge < -0.3 is 24.5 Å². The Labute approximate surface area is 207 Å². The van der Waals surface area contributed by atoms with Gasteiger partial charge in [-0.3, -0.25) is 0 Å². The van der Waals surface area contributed by atoms with Crippen LogP contribution >= 0.6 is 0 Å². The first-order chi connectivity index (χ1) is 16.7. The summed E-state index contributed by atoms with van der Waals surface area (Å²) in [5.74, 6) is -1.53. The lowest BCUT2D eigenvalue weighted by atomic mass is 9.76. The van der Waals surface area contributed by atoms with E-state index in [1.165, 1.54) is 6.08 Å². The molecule has 0 saturated carbocycles. The van der Waals surface area contributed by atoms with Gasteiger partial charge in [-0.2, -0.15) is 13.2 Å². The van der Waals surface area contributed by atoms with Crippen molar-refractivity contribution in [2.45, 2.75) is 51.7 Å². The summed E-state index contributed by atoms with van der Waals surface area (Å²) in [6.45, 7) is 7.12. The average Bonchev–Trinajstić information content (AvgIpc) is 3.01. The fraction of sp³-hybridized carbons (Fsp3) is 0.360. The lowest BCUT2D eigenvalue weighted by Crippen LogP contribution is -2.41. The van der Waals surface area contributed by atoms with Crippen molar-refractivity contribution in [3.05, 3.63) is 76.3 Å². The van der Waals surface area contributed by atoms with Crippen LogP contribution in [-0.4, -0.2) is 42.0 Å². The Morgan fingerprint density at radius 1 is 1.06 bits per heavy atom. The number of benzene rings is 2. The SMILES string of the molecule is CC1(C)OB(C(=Cc2ccc(C(F)(F)F)cc2C(=O)O)CNC(=O)OCc2ccccc2)OC1(C)C. The molecule has 7 nitrogen and oxygen atoms in total. The number of aromatic carboxylic acids is 1. The van der Waals surface area contributed by atoms with Gasteiger partial charge in [-0.05, 0) is 56.4 Å². The highest BCUT2D eigenvalue weighted by Gasteiger charge is 2.52. The summed E-state index contributed by atoms with van der Waals surface area (Å²) >= 11 is 0. The van der Waals surface area contributed by atoms with Crippen molar-refractivity contribution in [3.63, 3.8) is 0 Å². The molecular formula is C25H27BF3NO6. The average molecular weight is 505 g/mol. The minimum absolute atomic E-state index is 0.000310. The summed E-state index contributed by atoms with van der Waals surface area (Å²) in [5, 5.41) is 12.1. The molecule has 1 fully saturated rings. The second kappa shape index (κ2) is 10.4. The van der Waals surface area contributed by atoms with Crippen molar-refractivity contribution in [1.29, 1.82) is 0 Å². The molecule has 0 spiro atoms. The summed E-state index contributed by atoms with van der Waals surface area (Å²) < 4.78 is 56.7. The summed E-state index contributed by atoms with van der Waals surface area (Å²) in [5.41, 5.74) is -2.06. The number of alkyl halides is 3. The number of halogens is 3. The van der Waals surface area contributed by atoms with Crippen molar-refractivity contribution in [1.82, 2.24) is 5.32 Å². The predicted molar refractivity (Wildman–Crippen MR) is 127 cm³/mol. The maximum Gasteiger partial charge on any atom is 0.492 e. The molecular weight excluding hydrogens is 478 g/mol. The third kappa shape index (κ3) is 6.47. The summed E-state index contributed by atoms with van der Waals surface area (Å²) in [4.78, 5) is 24.1. The Kier molecular flexibility index (Phi) is 7.85. The monoisotopic (exact) mass is 505 g/mol. The molecule has 1 amide bonds. The number of hydrogen-bond donors (Lipinski definition) is 2. The number of amides is 1. The Morgan fingerprint density at radius 2 is 1.67 bits per heavy atom. The normalized spacial score (nSPS) is 17.1. The van der Waals surface area contributed by atoms with E-state index in [2.05, 4.69) is 5.32 Å². The van der Waals surface area contributed by atoms with E-state index in [4.69, 9.17) is 14.0 Å². The molecule has 0 radical (unpaired) electrons. The molecule has 2 aromatic rings. The van der Waals surface area contributed by atoms with E-state index in [-0.39, 0.29) is 18.7 Å². The molecule has 0 aromatic heterocycles. The van der Waals surface area contributed by atoms with E-state index >= 15 is 0 Å². The number of rotatable bonds is 7. The first-order valence-electron chi connectivity index (χ1n) is 11.1. The lowest BCUT2D eigenvalue weighted by molar-refractivity contribution is -0.137. The first-order valence-corrected chi connectivity index (χ1v) is 11.1. The molecule has 3 rings (SSSR count). The van der Waals surface area contributed by atoms with Crippen LogP contribution in [0.25, 0.3) is 6.08 Å². The Morgan fingerprint density at radius 3 is 2.22 bits per heavy atom. The zero-order chi connectivity index (χ0) is 26.7. The molecule has 1 saturated heterocycles. The van der Waals surface area contributed by atoms with Gasteiger partial charge in [0.25, 0.3) is 0 Å². The number of carboxylic acid groups (broad SMARTS) is 1. The molecule has 1 aliphatic rings. The van der Waals surface area contributed by atoms with Crippen molar-refractivity contribution in [2.24, 2.45) is 0 Å². The van der Waals surface area contributed by atoms with Gasteiger partial charge in [0, 0.05) is 6.54 Å². The first kappa shape index (κ1) is 27.3. The van der Waals surface area contributed by atoms with Gasteiger partial charge in [0.05, 0.1) is 22.3 Å². The van der Waals surface area contributed by atoms with Gasteiger partial charge >= 0.3 is 25.4 Å². The highest BCUT2D eigenvalue weighted by atomic mass is 19.4.